The molecule has 0 radical (unpaired) electrons. The van der Waals surface area contributed by atoms with E-state index >= 15 is 0 Å². The molecule has 1 aliphatic heterocycles. The molecule has 0 unspecified atom stereocenters. The van der Waals surface area contributed by atoms with Gasteiger partial charge >= 0.3 is 17.9 Å². The van der Waals surface area contributed by atoms with E-state index in [2.05, 4.69) is 53.2 Å². The van der Waals surface area contributed by atoms with Gasteiger partial charge in [0.05, 0.1) is 25.1 Å². The Labute approximate surface area is 526 Å². The number of hydrogen-bond donors (Lipinski definition) is 16. The van der Waals surface area contributed by atoms with Crippen molar-refractivity contribution in [3.63, 3.8) is 0 Å². The van der Waals surface area contributed by atoms with Crippen LogP contribution in [-0.4, -0.2) is 194 Å². The van der Waals surface area contributed by atoms with Gasteiger partial charge in [0.25, 0.3) is 0 Å². The van der Waals surface area contributed by atoms with Crippen molar-refractivity contribution in [2.45, 2.75) is 146 Å². The first-order chi connectivity index (χ1) is 42.3. The summed E-state index contributed by atoms with van der Waals surface area (Å²) < 4.78 is 0. The van der Waals surface area contributed by atoms with E-state index < -0.39 is 199 Å². The standard InChI is InChI=1S/C57H80N12O19S2/c1-28(2)20-37-53(84)68-41(49(59)80)26-90-27-44(73)62-38(21-30-6-8-32(9-7-30)23-47(78)79)54(85)63-35(15-17-46(76)77)51(82)67-40(24-42(58)71)56(87)69-48(29(3)4)57(88)60-25-43(72)61-36(18-19-89-5)52(83)66-39(22-31-10-12-33(70)13-11-31)55(86)64-34(50(81)65-37)14-16-45(74)75/h6-13,28-29,34-41,48,70H,14-27H2,1-5H3,(H2,58,71)(H2,59,80)(H,60,88)(H,61,72)(H,62,73)(H,63,85)(H,64,86)(H,65,81)(H,66,83)(H,67,82)(H,68,84)(H,69,87)(H,74,75)(H,76,77)(H,78,79)/t34-,35-,36-,37-,38-,39-,40-,41-,48-/m0/s1. The molecule has 12 amide bonds. The number of benzene rings is 2. The van der Waals surface area contributed by atoms with E-state index in [0.717, 1.165) is 11.8 Å². The number of thioether (sulfide) groups is 2. The van der Waals surface area contributed by atoms with Crippen LogP contribution < -0.4 is 64.6 Å². The van der Waals surface area contributed by atoms with Crippen molar-refractivity contribution in [1.82, 2.24) is 53.2 Å². The van der Waals surface area contributed by atoms with Crippen LogP contribution in [0.15, 0.2) is 48.5 Å². The second-order valence-corrected chi connectivity index (χ2v) is 23.9. The molecule has 33 heteroatoms. The van der Waals surface area contributed by atoms with Gasteiger partial charge in [-0.15, -0.1) is 11.8 Å². The number of carboxylic acid groups (broad SMARTS) is 3. The zero-order valence-electron chi connectivity index (χ0n) is 50.3. The highest BCUT2D eigenvalue weighted by molar-refractivity contribution is 8.00. The second kappa shape index (κ2) is 37.7. The summed E-state index contributed by atoms with van der Waals surface area (Å²) in [5.41, 5.74) is 12.3. The van der Waals surface area contributed by atoms with Crippen molar-refractivity contribution in [3.05, 3.63) is 65.2 Å². The third-order valence-corrected chi connectivity index (χ3v) is 15.2. The number of nitrogens with two attached hydrogens (primary N) is 2. The van der Waals surface area contributed by atoms with Gasteiger partial charge in [0.2, 0.25) is 70.9 Å². The smallest absolute Gasteiger partial charge is 0.307 e. The molecule has 494 valence electrons. The summed E-state index contributed by atoms with van der Waals surface area (Å²) in [6.07, 6.45) is -3.02. The van der Waals surface area contributed by atoms with Crippen LogP contribution in [0.3, 0.4) is 0 Å². The summed E-state index contributed by atoms with van der Waals surface area (Å²) in [7, 11) is 0. The van der Waals surface area contributed by atoms with Crippen molar-refractivity contribution in [2.75, 3.05) is 30.1 Å². The number of carbonyl (C=O) groups is 15. The molecule has 31 nitrogen and oxygen atoms in total. The lowest BCUT2D eigenvalue weighted by atomic mass is 10.0. The molecule has 2 aromatic rings. The molecule has 90 heavy (non-hydrogen) atoms. The Morgan fingerprint density at radius 1 is 0.533 bits per heavy atom. The van der Waals surface area contributed by atoms with E-state index in [-0.39, 0.29) is 49.5 Å². The topological polar surface area (TPSA) is 509 Å². The third-order valence-electron chi connectivity index (χ3n) is 13.5. The Hall–Kier alpha value is -9.01. The second-order valence-electron chi connectivity index (χ2n) is 21.9. The minimum Gasteiger partial charge on any atom is -0.508 e. The molecule has 9 atom stereocenters. The van der Waals surface area contributed by atoms with Crippen LogP contribution in [0, 0.1) is 11.8 Å². The zero-order chi connectivity index (χ0) is 67.4. The van der Waals surface area contributed by atoms with Crippen molar-refractivity contribution in [3.8, 4) is 5.75 Å². The van der Waals surface area contributed by atoms with Gasteiger partial charge in [0.1, 0.15) is 60.1 Å². The summed E-state index contributed by atoms with van der Waals surface area (Å²) >= 11 is 2.02. The Balaban J connectivity index is 2.19. The lowest BCUT2D eigenvalue weighted by Gasteiger charge is -2.27. The highest BCUT2D eigenvalue weighted by atomic mass is 32.2. The minimum atomic E-state index is -1.88. The lowest BCUT2D eigenvalue weighted by molar-refractivity contribution is -0.139. The van der Waals surface area contributed by atoms with Crippen LogP contribution in [0.25, 0.3) is 0 Å². The number of primary amides is 2. The van der Waals surface area contributed by atoms with Gasteiger partial charge in [-0.3, -0.25) is 71.9 Å². The zero-order valence-corrected chi connectivity index (χ0v) is 51.9. The van der Waals surface area contributed by atoms with Gasteiger partial charge in [0, 0.05) is 31.4 Å². The number of rotatable bonds is 21. The SMILES string of the molecule is CSCC[C@@H]1NC(=O)CNC(=O)[C@H](C(C)C)NC(=O)[C@H](CC(N)=O)NC(=O)[C@H](CCC(=O)O)NC(=O)[C@H](Cc2ccc(CC(=O)O)cc2)NC(=O)CSC[C@@H](C(N)=O)NC(=O)[C@H](CC(C)C)NC(=O)[C@H](CCC(=O)O)NC(=O)[C@H](Cc2ccc(O)cc2)NC1=O. The monoisotopic (exact) mass is 1300 g/mol. The maximum Gasteiger partial charge on any atom is 0.307 e. The van der Waals surface area contributed by atoms with Crippen molar-refractivity contribution >= 4 is 112 Å². The molecule has 2 aromatic carbocycles. The lowest BCUT2D eigenvalue weighted by Crippen LogP contribution is -2.60. The molecule has 0 aromatic heterocycles. The van der Waals surface area contributed by atoms with E-state index in [9.17, 15) is 92.3 Å². The number of carboxylic acids is 3. The maximum atomic E-state index is 14.4. The van der Waals surface area contributed by atoms with Gasteiger partial charge in [-0.05, 0) is 78.4 Å². The van der Waals surface area contributed by atoms with Crippen LogP contribution >= 0.6 is 23.5 Å². The minimum absolute atomic E-state index is 0.0570. The molecule has 1 fully saturated rings. The Bertz CT molecular complexity index is 2920. The number of amides is 12. The molecule has 0 bridgehead atoms. The maximum absolute atomic E-state index is 14.4. The highest BCUT2D eigenvalue weighted by Crippen LogP contribution is 2.16. The molecule has 1 aliphatic rings. The van der Waals surface area contributed by atoms with E-state index in [4.69, 9.17) is 11.5 Å². The van der Waals surface area contributed by atoms with Crippen LogP contribution in [-0.2, 0) is 91.2 Å². The summed E-state index contributed by atoms with van der Waals surface area (Å²) in [6, 6.07) is -3.25. The molecule has 0 spiro atoms. The molecule has 0 aliphatic carbocycles. The first-order valence-corrected chi connectivity index (χ1v) is 31.0. The fraction of sp³-hybridized carbons (Fsp3) is 0.526. The normalized spacial score (nSPS) is 23.0. The highest BCUT2D eigenvalue weighted by Gasteiger charge is 2.36. The quantitative estimate of drug-likeness (QED) is 0.0579. The Morgan fingerprint density at radius 2 is 0.967 bits per heavy atom. The van der Waals surface area contributed by atoms with Crippen LogP contribution in [0.5, 0.6) is 5.75 Å². The van der Waals surface area contributed by atoms with E-state index in [0.29, 0.717) is 16.7 Å². The predicted molar refractivity (Wildman–Crippen MR) is 325 cm³/mol. The van der Waals surface area contributed by atoms with E-state index in [1.807, 2.05) is 0 Å². The fourth-order valence-corrected chi connectivity index (χ4v) is 10.2. The fourth-order valence-electron chi connectivity index (χ4n) is 8.83. The number of hydrogen-bond acceptors (Lipinski definition) is 18. The van der Waals surface area contributed by atoms with Gasteiger partial charge in [0.15, 0.2) is 0 Å². The van der Waals surface area contributed by atoms with Crippen molar-refractivity contribution in [1.29, 1.82) is 0 Å². The summed E-state index contributed by atoms with van der Waals surface area (Å²) in [5, 5.41) is 63.1. The average Bonchev–Trinajstić information content (AvgIpc) is 1.44. The van der Waals surface area contributed by atoms with Gasteiger partial charge in [-0.2, -0.15) is 11.8 Å². The van der Waals surface area contributed by atoms with Crippen LogP contribution in [0.4, 0.5) is 0 Å². The van der Waals surface area contributed by atoms with Crippen molar-refractivity contribution < 1.29 is 92.3 Å². The molecule has 1 saturated heterocycles. The van der Waals surface area contributed by atoms with E-state index in [1.165, 1.54) is 74.1 Å². The molecular formula is C57H80N12O19S2. The Kier molecular flexibility index (Phi) is 31.6. The first kappa shape index (κ1) is 75.2. The number of aliphatic carboxylic acids is 3. The molecule has 18 N–H and O–H groups in total. The van der Waals surface area contributed by atoms with Crippen molar-refractivity contribution in [2.24, 2.45) is 23.3 Å². The first-order valence-electron chi connectivity index (χ1n) is 28.5. The summed E-state index contributed by atoms with van der Waals surface area (Å²) in [4.78, 5) is 201. The third kappa shape index (κ3) is 27.6. The number of aromatic hydroxyl groups is 1. The largest absolute Gasteiger partial charge is 0.508 e. The van der Waals surface area contributed by atoms with Gasteiger partial charge in [-0.25, -0.2) is 0 Å². The molecule has 1 heterocycles. The number of phenolic OH excluding ortho intramolecular Hbond substituents is 1. The summed E-state index contributed by atoms with van der Waals surface area (Å²) in [6.45, 7) is 5.54. The number of carbonyl (C=O) groups excluding carboxylic acids is 12. The van der Waals surface area contributed by atoms with Gasteiger partial charge < -0.3 is 85.1 Å². The van der Waals surface area contributed by atoms with E-state index in [1.54, 1.807) is 20.1 Å². The average molecular weight is 1300 g/mol. The number of phenols is 1. The predicted octanol–water partition coefficient (Wildman–Crippen LogP) is -3.42. The van der Waals surface area contributed by atoms with Crippen LogP contribution in [0.1, 0.15) is 89.3 Å². The van der Waals surface area contributed by atoms with Crippen LogP contribution in [0.2, 0.25) is 0 Å². The molecule has 3 rings (SSSR count). The molecule has 0 saturated carbocycles. The molecular weight excluding hydrogens is 1220 g/mol. The summed E-state index contributed by atoms with van der Waals surface area (Å²) in [5.74, 6) is -18.5. The van der Waals surface area contributed by atoms with Gasteiger partial charge in [-0.1, -0.05) is 64.1 Å². The number of nitrogens with one attached hydrogen (secondary N) is 10. The Morgan fingerprint density at radius 3 is 1.44 bits per heavy atom.